The van der Waals surface area contributed by atoms with Crippen LogP contribution in [0, 0.1) is 39.9 Å². The molecule has 2 N–H and O–H groups in total. The second-order valence-corrected chi connectivity index (χ2v) is 11.2. The van der Waals surface area contributed by atoms with Crippen molar-refractivity contribution in [2.75, 3.05) is 6.61 Å². The minimum atomic E-state index is -0.453. The smallest absolute Gasteiger partial charge is 0.427 e. The Hall–Kier alpha value is -1.36. The highest BCUT2D eigenvalue weighted by Gasteiger charge is 2.75. The van der Waals surface area contributed by atoms with Gasteiger partial charge < -0.3 is 9.84 Å². The summed E-state index contributed by atoms with van der Waals surface area (Å²) >= 11 is 0. The summed E-state index contributed by atoms with van der Waals surface area (Å²) in [5.41, 5.74) is 5.99. The summed E-state index contributed by atoms with van der Waals surface area (Å²) < 4.78 is 4.99. The molecule has 4 saturated carbocycles. The minimum absolute atomic E-state index is 0.136. The van der Waals surface area contributed by atoms with E-state index >= 15 is 0 Å². The summed E-state index contributed by atoms with van der Waals surface area (Å²) in [6, 6.07) is 0. The number of aliphatic hydroxyl groups excluding tert-OH is 1. The molecule has 1 amide bonds. The number of hydrogen-bond acceptors (Lipinski definition) is 4. The highest BCUT2D eigenvalue weighted by molar-refractivity contribution is 5.93. The monoisotopic (exact) mass is 414 g/mol. The Labute approximate surface area is 180 Å². The molecule has 0 aromatic carbocycles. The van der Waals surface area contributed by atoms with Crippen molar-refractivity contribution in [3.05, 3.63) is 11.6 Å². The average molecular weight is 415 g/mol. The van der Waals surface area contributed by atoms with Crippen LogP contribution in [0.2, 0.25) is 0 Å². The molecule has 0 spiro atoms. The Bertz CT molecular complexity index is 806. The van der Waals surface area contributed by atoms with Crippen LogP contribution in [-0.2, 0) is 4.74 Å². The van der Waals surface area contributed by atoms with Gasteiger partial charge in [0.2, 0.25) is 0 Å². The Morgan fingerprint density at radius 2 is 2.10 bits per heavy atom. The first-order chi connectivity index (χ1) is 14.3. The second kappa shape index (κ2) is 6.82. The Morgan fingerprint density at radius 3 is 2.87 bits per heavy atom. The first-order valence-electron chi connectivity index (χ1n) is 12.1. The number of nitrogens with zero attached hydrogens (tertiary/aromatic N) is 1. The molecular formula is C25H38N2O3. The molecule has 0 aromatic heterocycles. The molecular weight excluding hydrogens is 376 g/mol. The molecule has 5 heteroatoms. The summed E-state index contributed by atoms with van der Waals surface area (Å²) in [6.07, 6.45) is 11.2. The highest BCUT2D eigenvalue weighted by atomic mass is 16.5. The van der Waals surface area contributed by atoms with Gasteiger partial charge in [0, 0.05) is 11.1 Å². The summed E-state index contributed by atoms with van der Waals surface area (Å²) in [5.74, 6) is 2.96. The number of ether oxygens (including phenoxy) is 1. The van der Waals surface area contributed by atoms with Crippen LogP contribution in [0.5, 0.6) is 0 Å². The molecule has 4 fully saturated rings. The van der Waals surface area contributed by atoms with Crippen molar-refractivity contribution in [2.24, 2.45) is 45.0 Å². The van der Waals surface area contributed by atoms with E-state index in [0.29, 0.717) is 12.5 Å². The van der Waals surface area contributed by atoms with E-state index in [4.69, 9.17) is 4.74 Å². The molecule has 5 rings (SSSR count). The van der Waals surface area contributed by atoms with Crippen molar-refractivity contribution < 1.29 is 14.6 Å². The fourth-order valence-electron chi connectivity index (χ4n) is 8.82. The Kier molecular flexibility index (Phi) is 4.67. The van der Waals surface area contributed by atoms with E-state index in [-0.39, 0.29) is 22.3 Å². The van der Waals surface area contributed by atoms with Crippen LogP contribution >= 0.6 is 0 Å². The number of rotatable bonds is 3. The van der Waals surface area contributed by atoms with Crippen molar-refractivity contribution in [3.8, 4) is 0 Å². The third-order valence-electron chi connectivity index (χ3n) is 10.4. The lowest BCUT2D eigenvalue weighted by Gasteiger charge is -2.59. The number of hydrogen-bond donors (Lipinski definition) is 2. The molecule has 30 heavy (non-hydrogen) atoms. The van der Waals surface area contributed by atoms with Crippen LogP contribution in [-0.4, -0.2) is 29.6 Å². The van der Waals surface area contributed by atoms with Crippen molar-refractivity contribution in [1.82, 2.24) is 5.43 Å². The van der Waals surface area contributed by atoms with Gasteiger partial charge in [-0.25, -0.2) is 10.2 Å². The third-order valence-corrected chi connectivity index (χ3v) is 10.4. The molecule has 0 aliphatic heterocycles. The third kappa shape index (κ3) is 2.63. The minimum Gasteiger partial charge on any atom is -0.449 e. The molecule has 166 valence electrons. The zero-order valence-corrected chi connectivity index (χ0v) is 19.0. The van der Waals surface area contributed by atoms with Crippen LogP contribution < -0.4 is 5.43 Å². The molecule has 0 saturated heterocycles. The maximum absolute atomic E-state index is 11.8. The normalized spacial score (nSPS) is 49.2. The first kappa shape index (κ1) is 20.5. The topological polar surface area (TPSA) is 70.9 Å². The van der Waals surface area contributed by atoms with Gasteiger partial charge in [0.25, 0.3) is 0 Å². The van der Waals surface area contributed by atoms with Gasteiger partial charge in [-0.2, -0.15) is 5.10 Å². The lowest BCUT2D eigenvalue weighted by molar-refractivity contribution is -0.0544. The zero-order chi connectivity index (χ0) is 21.3. The number of hydrazone groups is 1. The van der Waals surface area contributed by atoms with Gasteiger partial charge in [-0.15, -0.1) is 0 Å². The lowest BCUT2D eigenvalue weighted by Crippen LogP contribution is -2.52. The summed E-state index contributed by atoms with van der Waals surface area (Å²) in [5, 5.41) is 14.7. The molecule has 5 nitrogen and oxygen atoms in total. The number of amides is 1. The second-order valence-electron chi connectivity index (χ2n) is 11.2. The summed E-state index contributed by atoms with van der Waals surface area (Å²) in [6.45, 7) is 9.31. The first-order valence-corrected chi connectivity index (χ1v) is 12.1. The van der Waals surface area contributed by atoms with E-state index in [1.807, 2.05) is 6.92 Å². The molecule has 5 aliphatic rings. The van der Waals surface area contributed by atoms with Crippen molar-refractivity contribution in [3.63, 3.8) is 0 Å². The standard InChI is InChI=1S/C25H38N2O3/c1-5-30-22(29)27-26-15(2)25-14-17(25)13-21-19-7-6-16-12-18(28)8-10-23(16,3)20(19)9-11-24(21,25)4/h6,17-21,28H,5,7-14H2,1-4H3,(H,27,29)/t17-,18-,19?,20?,21?,23-,24-,25-/m0/s1. The molecule has 5 aliphatic carbocycles. The van der Waals surface area contributed by atoms with Crippen molar-refractivity contribution in [2.45, 2.75) is 85.2 Å². The van der Waals surface area contributed by atoms with Gasteiger partial charge in [-0.1, -0.05) is 25.5 Å². The van der Waals surface area contributed by atoms with E-state index < -0.39 is 6.09 Å². The van der Waals surface area contributed by atoms with Gasteiger partial charge in [-0.05, 0) is 99.7 Å². The summed E-state index contributed by atoms with van der Waals surface area (Å²) in [7, 11) is 0. The van der Waals surface area contributed by atoms with Gasteiger partial charge in [0.05, 0.1) is 12.7 Å². The van der Waals surface area contributed by atoms with E-state index in [0.717, 1.165) is 42.7 Å². The average Bonchev–Trinajstić information content (AvgIpc) is 3.39. The largest absolute Gasteiger partial charge is 0.449 e. The fraction of sp³-hybridized carbons (Fsp3) is 0.840. The molecule has 0 heterocycles. The van der Waals surface area contributed by atoms with E-state index in [9.17, 15) is 9.90 Å². The number of carbonyl (C=O) groups excluding carboxylic acids is 1. The van der Waals surface area contributed by atoms with Crippen molar-refractivity contribution >= 4 is 11.8 Å². The van der Waals surface area contributed by atoms with Gasteiger partial charge >= 0.3 is 6.09 Å². The molecule has 0 bridgehead atoms. The van der Waals surface area contributed by atoms with Crippen LogP contribution in [0.15, 0.2) is 16.8 Å². The maximum Gasteiger partial charge on any atom is 0.427 e. The van der Waals surface area contributed by atoms with Crippen LogP contribution in [0.4, 0.5) is 4.79 Å². The van der Waals surface area contributed by atoms with E-state index in [1.54, 1.807) is 5.57 Å². The van der Waals surface area contributed by atoms with Gasteiger partial charge in [0.1, 0.15) is 0 Å². The van der Waals surface area contributed by atoms with Gasteiger partial charge in [-0.3, -0.25) is 0 Å². The summed E-state index contributed by atoms with van der Waals surface area (Å²) in [4.78, 5) is 11.8. The quantitative estimate of drug-likeness (QED) is 0.386. The zero-order valence-electron chi connectivity index (χ0n) is 19.0. The van der Waals surface area contributed by atoms with Crippen molar-refractivity contribution in [1.29, 1.82) is 0 Å². The van der Waals surface area contributed by atoms with E-state index in [2.05, 4.69) is 37.4 Å². The highest BCUT2D eigenvalue weighted by Crippen LogP contribution is 2.80. The van der Waals surface area contributed by atoms with Crippen LogP contribution in [0.25, 0.3) is 0 Å². The number of allylic oxidation sites excluding steroid dienone is 1. The van der Waals surface area contributed by atoms with Crippen LogP contribution in [0.3, 0.4) is 0 Å². The number of nitrogens with one attached hydrogen (secondary N) is 1. The van der Waals surface area contributed by atoms with E-state index in [1.165, 1.54) is 32.1 Å². The number of fused-ring (bicyclic) bond motifs is 7. The van der Waals surface area contributed by atoms with Gasteiger partial charge in [0.15, 0.2) is 0 Å². The number of carbonyl (C=O) groups is 1. The van der Waals surface area contributed by atoms with Crippen LogP contribution in [0.1, 0.15) is 79.1 Å². The molecule has 8 atom stereocenters. The maximum atomic E-state index is 11.8. The molecule has 3 unspecified atom stereocenters. The molecule has 0 radical (unpaired) electrons. The number of aliphatic hydroxyl groups is 1. The predicted molar refractivity (Wildman–Crippen MR) is 117 cm³/mol. The Balaban J connectivity index is 1.40. The fourth-order valence-corrected chi connectivity index (χ4v) is 8.82. The Morgan fingerprint density at radius 1 is 1.30 bits per heavy atom. The SMILES string of the molecule is CCOC(=O)NN=C(C)[C@@]12C[C@@H]1CC1C3CC=C4C[C@@H](O)CC[C@]4(C)C3CC[C@@]12C. The predicted octanol–water partition coefficient (Wildman–Crippen LogP) is 5.05. The lowest BCUT2D eigenvalue weighted by atomic mass is 9.46. The molecule has 0 aromatic rings.